The van der Waals surface area contributed by atoms with Crippen LogP contribution in [-0.4, -0.2) is 70.7 Å². The maximum absolute atomic E-state index is 11.5. The fourth-order valence-electron chi connectivity index (χ4n) is 1.69. The highest BCUT2D eigenvalue weighted by Gasteiger charge is 2.33. The van der Waals surface area contributed by atoms with E-state index < -0.39 is 11.6 Å². The number of likely N-dealkylation sites (N-methyl/N-ethyl adjacent to an activating group) is 1. The quantitative estimate of drug-likeness (QED) is 0.649. The van der Waals surface area contributed by atoms with Crippen molar-refractivity contribution in [2.45, 2.75) is 18.9 Å². The summed E-state index contributed by atoms with van der Waals surface area (Å²) in [6, 6.07) is 0. The molecule has 0 spiro atoms. The van der Waals surface area contributed by atoms with Gasteiger partial charge >= 0.3 is 5.97 Å². The third-order valence-corrected chi connectivity index (χ3v) is 2.74. The number of nitrogens with zero attached hydrogens (tertiary/aromatic N) is 2. The fraction of sp³-hybridized carbons (Fsp3) is 0.800. The first kappa shape index (κ1) is 12.9. The van der Waals surface area contributed by atoms with E-state index in [4.69, 9.17) is 5.11 Å². The summed E-state index contributed by atoms with van der Waals surface area (Å²) in [6.07, 6.45) is 0.790. The predicted molar refractivity (Wildman–Crippen MR) is 57.0 cm³/mol. The monoisotopic (exact) mass is 230 g/mol. The summed E-state index contributed by atoms with van der Waals surface area (Å²) >= 11 is 0. The lowest BCUT2D eigenvalue weighted by molar-refractivity contribution is -0.158. The van der Waals surface area contributed by atoms with Crippen molar-refractivity contribution in [3.05, 3.63) is 0 Å². The van der Waals surface area contributed by atoms with Crippen LogP contribution in [0.3, 0.4) is 0 Å². The molecule has 1 fully saturated rings. The van der Waals surface area contributed by atoms with Gasteiger partial charge in [-0.2, -0.15) is 0 Å². The maximum Gasteiger partial charge on any atom is 0.336 e. The van der Waals surface area contributed by atoms with Gasteiger partial charge in [0.1, 0.15) is 0 Å². The van der Waals surface area contributed by atoms with Crippen molar-refractivity contribution >= 4 is 11.9 Å². The minimum Gasteiger partial charge on any atom is -0.479 e. The molecular formula is C10H18N2O4. The van der Waals surface area contributed by atoms with Crippen molar-refractivity contribution < 1.29 is 19.8 Å². The number of hydrogen-bond donors (Lipinski definition) is 2. The van der Waals surface area contributed by atoms with Gasteiger partial charge in [0.15, 0.2) is 5.60 Å². The van der Waals surface area contributed by atoms with Crippen LogP contribution in [0.5, 0.6) is 0 Å². The predicted octanol–water partition coefficient (Wildman–Crippen LogP) is -1.01. The van der Waals surface area contributed by atoms with Crippen molar-refractivity contribution in [1.82, 2.24) is 9.80 Å². The average Bonchev–Trinajstić information content (AvgIpc) is 2.29. The molecule has 0 aliphatic carbocycles. The fourth-order valence-corrected chi connectivity index (χ4v) is 1.69. The first-order valence-corrected chi connectivity index (χ1v) is 5.25. The van der Waals surface area contributed by atoms with Crippen LogP contribution in [0.15, 0.2) is 0 Å². The Morgan fingerprint density at radius 2 is 2.12 bits per heavy atom. The normalized spacial score (nSPS) is 22.7. The molecule has 1 heterocycles. The summed E-state index contributed by atoms with van der Waals surface area (Å²) in [6.45, 7) is 2.68. The molecule has 0 bridgehead atoms. The Morgan fingerprint density at radius 3 is 2.69 bits per heavy atom. The van der Waals surface area contributed by atoms with Gasteiger partial charge in [-0.3, -0.25) is 9.69 Å². The Balaban J connectivity index is 2.61. The summed E-state index contributed by atoms with van der Waals surface area (Å²) < 4.78 is 0. The molecule has 92 valence electrons. The number of carboxylic acids is 1. The zero-order valence-corrected chi connectivity index (χ0v) is 9.64. The molecule has 0 radical (unpaired) electrons. The first-order valence-electron chi connectivity index (χ1n) is 5.25. The van der Waals surface area contributed by atoms with Crippen LogP contribution in [0.4, 0.5) is 0 Å². The molecule has 0 saturated carbocycles. The number of aliphatic hydroxyl groups is 1. The molecular weight excluding hydrogens is 212 g/mol. The molecule has 1 rings (SSSR count). The molecule has 0 aromatic heterocycles. The zero-order valence-electron chi connectivity index (χ0n) is 9.64. The molecule has 0 aromatic rings. The van der Waals surface area contributed by atoms with Crippen LogP contribution < -0.4 is 0 Å². The van der Waals surface area contributed by atoms with Crippen molar-refractivity contribution in [3.8, 4) is 0 Å². The Hall–Kier alpha value is -1.14. The molecule has 16 heavy (non-hydrogen) atoms. The van der Waals surface area contributed by atoms with Crippen LogP contribution in [0, 0.1) is 0 Å². The van der Waals surface area contributed by atoms with Crippen LogP contribution >= 0.6 is 0 Å². The largest absolute Gasteiger partial charge is 0.479 e. The lowest BCUT2D eigenvalue weighted by atomic mass is 10.1. The van der Waals surface area contributed by atoms with Crippen LogP contribution in [0.1, 0.15) is 13.3 Å². The second-order valence-electron chi connectivity index (χ2n) is 4.46. The number of amides is 1. The van der Waals surface area contributed by atoms with Gasteiger partial charge in [0.05, 0.1) is 6.54 Å². The lowest BCUT2D eigenvalue weighted by Crippen LogP contribution is -2.48. The van der Waals surface area contributed by atoms with E-state index >= 15 is 0 Å². The van der Waals surface area contributed by atoms with E-state index in [1.165, 1.54) is 6.92 Å². The highest BCUT2D eigenvalue weighted by molar-refractivity contribution is 5.79. The number of carbonyl (C=O) groups is 2. The number of rotatable bonds is 3. The highest BCUT2D eigenvalue weighted by Crippen LogP contribution is 2.10. The van der Waals surface area contributed by atoms with Gasteiger partial charge in [-0.25, -0.2) is 4.79 Å². The number of β-amino-alcohol motifs (C(OH)–C–C–N with tert-alkyl or cyclic N) is 1. The number of carboxylic acid groups (broad SMARTS) is 1. The van der Waals surface area contributed by atoms with E-state index in [1.807, 2.05) is 0 Å². The zero-order chi connectivity index (χ0) is 12.3. The van der Waals surface area contributed by atoms with Gasteiger partial charge in [0.2, 0.25) is 5.91 Å². The topological polar surface area (TPSA) is 81.1 Å². The molecule has 1 saturated heterocycles. The smallest absolute Gasteiger partial charge is 0.336 e. The minimum atomic E-state index is -1.80. The third-order valence-electron chi connectivity index (χ3n) is 2.74. The number of aliphatic carboxylic acids is 1. The standard InChI is InChI=1S/C10H18N2O4/c1-10(16,9(14)15)7-12-5-3-4-11(2)8(13)6-12/h16H,3-7H2,1-2H3,(H,14,15). The van der Waals surface area contributed by atoms with E-state index in [2.05, 4.69) is 0 Å². The molecule has 1 atom stereocenters. The van der Waals surface area contributed by atoms with E-state index in [9.17, 15) is 14.7 Å². The van der Waals surface area contributed by atoms with Crippen molar-refractivity contribution in [1.29, 1.82) is 0 Å². The highest BCUT2D eigenvalue weighted by atomic mass is 16.4. The van der Waals surface area contributed by atoms with Gasteiger partial charge in [0.25, 0.3) is 0 Å². The molecule has 1 amide bonds. The molecule has 1 unspecified atom stereocenters. The van der Waals surface area contributed by atoms with Crippen LogP contribution in [0.25, 0.3) is 0 Å². The van der Waals surface area contributed by atoms with Crippen molar-refractivity contribution in [2.24, 2.45) is 0 Å². The minimum absolute atomic E-state index is 0.0259. The molecule has 1 aliphatic heterocycles. The Kier molecular flexibility index (Phi) is 3.88. The summed E-state index contributed by atoms with van der Waals surface area (Å²) in [7, 11) is 1.72. The van der Waals surface area contributed by atoms with E-state index in [1.54, 1.807) is 16.8 Å². The lowest BCUT2D eigenvalue weighted by Gasteiger charge is -2.26. The summed E-state index contributed by atoms with van der Waals surface area (Å²) in [5.74, 6) is -1.31. The van der Waals surface area contributed by atoms with Gasteiger partial charge in [-0.15, -0.1) is 0 Å². The van der Waals surface area contributed by atoms with Crippen LogP contribution in [0.2, 0.25) is 0 Å². The van der Waals surface area contributed by atoms with Gasteiger partial charge in [0, 0.05) is 26.7 Å². The third kappa shape index (κ3) is 3.18. The second kappa shape index (κ2) is 4.80. The maximum atomic E-state index is 11.5. The second-order valence-corrected chi connectivity index (χ2v) is 4.46. The van der Waals surface area contributed by atoms with Crippen LogP contribution in [-0.2, 0) is 9.59 Å². The van der Waals surface area contributed by atoms with Crippen molar-refractivity contribution in [2.75, 3.05) is 33.2 Å². The van der Waals surface area contributed by atoms with Gasteiger partial charge in [-0.05, 0) is 13.3 Å². The Morgan fingerprint density at radius 1 is 1.50 bits per heavy atom. The summed E-state index contributed by atoms with van der Waals surface area (Å²) in [4.78, 5) is 25.6. The van der Waals surface area contributed by atoms with Crippen molar-refractivity contribution in [3.63, 3.8) is 0 Å². The van der Waals surface area contributed by atoms with E-state index in [-0.39, 0.29) is 19.0 Å². The molecule has 6 heteroatoms. The molecule has 1 aliphatic rings. The summed E-state index contributed by atoms with van der Waals surface area (Å²) in [5.41, 5.74) is -1.80. The SMILES string of the molecule is CN1CCCN(CC(C)(O)C(=O)O)CC1=O. The number of hydrogen-bond acceptors (Lipinski definition) is 4. The molecule has 0 aromatic carbocycles. The van der Waals surface area contributed by atoms with Gasteiger partial charge in [-0.1, -0.05) is 0 Å². The average molecular weight is 230 g/mol. The Bertz CT molecular complexity index is 291. The first-order chi connectivity index (χ1) is 7.33. The van der Waals surface area contributed by atoms with Gasteiger partial charge < -0.3 is 15.1 Å². The van der Waals surface area contributed by atoms with E-state index in [0.717, 1.165) is 6.42 Å². The molecule has 2 N–H and O–H groups in total. The van der Waals surface area contributed by atoms with E-state index in [0.29, 0.717) is 13.1 Å². The Labute approximate surface area is 94.4 Å². The number of carbonyl (C=O) groups excluding carboxylic acids is 1. The summed E-state index contributed by atoms with van der Waals surface area (Å²) in [5, 5.41) is 18.4. The molecule has 6 nitrogen and oxygen atoms in total.